The molecule has 0 aromatic heterocycles. The van der Waals surface area contributed by atoms with Gasteiger partial charge in [0.1, 0.15) is 36.9 Å². The Morgan fingerprint density at radius 1 is 0.912 bits per heavy atom. The summed E-state index contributed by atoms with van der Waals surface area (Å²) >= 11 is 0. The van der Waals surface area contributed by atoms with Crippen LogP contribution in [0.1, 0.15) is 27.7 Å². The number of hydrogen-bond acceptors (Lipinski definition) is 9. The number of benzene rings is 2. The van der Waals surface area contributed by atoms with Crippen LogP contribution in [0.5, 0.6) is 11.5 Å². The van der Waals surface area contributed by atoms with Crippen LogP contribution in [0.2, 0.25) is 0 Å². The smallest absolute Gasteiger partial charge is 0.273 e. The number of non-ortho nitro benzene ring substituents is 1. The molecule has 2 unspecified atom stereocenters. The van der Waals surface area contributed by atoms with Crippen LogP contribution in [0.15, 0.2) is 48.5 Å². The largest absolute Gasteiger partial charge is 0.491 e. The van der Waals surface area contributed by atoms with Crippen LogP contribution in [0, 0.1) is 10.1 Å². The molecule has 2 heterocycles. The summed E-state index contributed by atoms with van der Waals surface area (Å²) in [5, 5.41) is 10.6. The lowest BCUT2D eigenvalue weighted by molar-refractivity contribution is -0.384. The van der Waals surface area contributed by atoms with Gasteiger partial charge in [0.25, 0.3) is 5.69 Å². The molecule has 186 valence electrons. The summed E-state index contributed by atoms with van der Waals surface area (Å²) in [5.41, 5.74) is 6.36. The van der Waals surface area contributed by atoms with Crippen molar-refractivity contribution in [2.45, 2.75) is 51.5 Å². The summed E-state index contributed by atoms with van der Waals surface area (Å²) in [6.07, 6.45) is -0.171. The first-order valence-electron chi connectivity index (χ1n) is 11.0. The van der Waals surface area contributed by atoms with Gasteiger partial charge in [-0.25, -0.2) is 0 Å². The molecule has 0 aliphatic carbocycles. The third-order valence-corrected chi connectivity index (χ3v) is 4.89. The second kappa shape index (κ2) is 11.0. The van der Waals surface area contributed by atoms with Crippen molar-refractivity contribution in [1.82, 2.24) is 0 Å². The Morgan fingerprint density at radius 3 is 1.85 bits per heavy atom. The van der Waals surface area contributed by atoms with Crippen LogP contribution < -0.4 is 15.2 Å². The number of rotatable bonds is 7. The van der Waals surface area contributed by atoms with Gasteiger partial charge in [-0.3, -0.25) is 10.1 Å². The van der Waals surface area contributed by atoms with Gasteiger partial charge in [0, 0.05) is 17.8 Å². The second-order valence-electron chi connectivity index (χ2n) is 8.85. The van der Waals surface area contributed by atoms with Gasteiger partial charge in [0.15, 0.2) is 11.6 Å². The van der Waals surface area contributed by atoms with E-state index in [-0.39, 0.29) is 17.9 Å². The Bertz CT molecular complexity index is 965. The normalized spacial score (nSPS) is 22.5. The summed E-state index contributed by atoms with van der Waals surface area (Å²) in [6, 6.07) is 13.4. The number of anilines is 1. The zero-order chi connectivity index (χ0) is 24.8. The molecule has 0 bridgehead atoms. The van der Waals surface area contributed by atoms with Gasteiger partial charge in [-0.1, -0.05) is 12.1 Å². The summed E-state index contributed by atoms with van der Waals surface area (Å²) < 4.78 is 33.1. The highest BCUT2D eigenvalue weighted by atomic mass is 16.8. The van der Waals surface area contributed by atoms with Gasteiger partial charge in [0.2, 0.25) is 0 Å². The van der Waals surface area contributed by atoms with Crippen molar-refractivity contribution in [1.29, 1.82) is 0 Å². The van der Waals surface area contributed by atoms with Crippen LogP contribution in [0.3, 0.4) is 0 Å². The molecule has 10 heteroatoms. The lowest BCUT2D eigenvalue weighted by Gasteiger charge is -2.17. The minimum Gasteiger partial charge on any atom is -0.491 e. The Morgan fingerprint density at radius 2 is 1.41 bits per heavy atom. The van der Waals surface area contributed by atoms with Gasteiger partial charge < -0.3 is 34.2 Å². The molecule has 34 heavy (non-hydrogen) atoms. The minimum absolute atomic E-state index is 0.0106. The maximum absolute atomic E-state index is 10.6. The number of nitro groups is 1. The highest BCUT2D eigenvalue weighted by Crippen LogP contribution is 2.25. The molecule has 2 atom stereocenters. The Labute approximate surface area is 199 Å². The van der Waals surface area contributed by atoms with Gasteiger partial charge in [0.05, 0.1) is 24.2 Å². The van der Waals surface area contributed by atoms with Gasteiger partial charge in [-0.05, 0) is 45.9 Å². The molecule has 10 nitrogen and oxygen atoms in total. The average molecular weight is 477 g/mol. The van der Waals surface area contributed by atoms with Gasteiger partial charge in [-0.2, -0.15) is 0 Å². The predicted molar refractivity (Wildman–Crippen MR) is 125 cm³/mol. The number of ether oxygens (including phenoxy) is 6. The SMILES string of the molecule is CC1(C)OCC(COc2cccc(N)c2)O1.CC1(C)OCC(COc2cccc([N+](=O)[O-])c2)O1. The molecule has 2 aromatic rings. The number of nitro benzene ring substituents is 1. The predicted octanol–water partition coefficient (Wildman–Crippen LogP) is 3.92. The maximum atomic E-state index is 10.6. The summed E-state index contributed by atoms with van der Waals surface area (Å²) in [6.45, 7) is 9.27. The van der Waals surface area contributed by atoms with E-state index in [9.17, 15) is 10.1 Å². The van der Waals surface area contributed by atoms with E-state index in [0.29, 0.717) is 37.9 Å². The minimum atomic E-state index is -0.587. The standard InChI is InChI=1S/C12H15NO5.C12H17NO3/c1-12(2)17-8-11(18-12)7-16-10-5-3-4-9(6-10)13(14)15;1-12(2)15-8-11(16-12)7-14-10-5-3-4-9(13)6-10/h3-6,11H,7-8H2,1-2H3;3-6,11H,7-8,13H2,1-2H3. The molecule has 4 rings (SSSR count). The van der Waals surface area contributed by atoms with Gasteiger partial charge in [-0.15, -0.1) is 0 Å². The van der Waals surface area contributed by atoms with Crippen LogP contribution in [0.4, 0.5) is 11.4 Å². The van der Waals surface area contributed by atoms with Crippen molar-refractivity contribution < 1.29 is 33.3 Å². The summed E-state index contributed by atoms with van der Waals surface area (Å²) in [4.78, 5) is 10.2. The maximum Gasteiger partial charge on any atom is 0.273 e. The highest BCUT2D eigenvalue weighted by molar-refractivity contribution is 5.43. The van der Waals surface area contributed by atoms with Crippen molar-refractivity contribution in [3.05, 3.63) is 58.6 Å². The zero-order valence-corrected chi connectivity index (χ0v) is 19.9. The third kappa shape index (κ3) is 8.14. The van der Waals surface area contributed by atoms with E-state index in [1.165, 1.54) is 12.1 Å². The van der Waals surface area contributed by atoms with Crippen molar-refractivity contribution in [3.63, 3.8) is 0 Å². The van der Waals surface area contributed by atoms with E-state index in [2.05, 4.69) is 0 Å². The van der Waals surface area contributed by atoms with Crippen molar-refractivity contribution in [2.75, 3.05) is 32.2 Å². The van der Waals surface area contributed by atoms with E-state index < -0.39 is 16.5 Å². The van der Waals surface area contributed by atoms with E-state index in [0.717, 1.165) is 5.75 Å². The molecule has 2 aliphatic rings. The lowest BCUT2D eigenvalue weighted by atomic mass is 10.3. The van der Waals surface area contributed by atoms with Crippen molar-refractivity contribution >= 4 is 11.4 Å². The summed E-state index contributed by atoms with van der Waals surface area (Å²) in [7, 11) is 0. The topological polar surface area (TPSA) is 125 Å². The molecule has 0 amide bonds. The zero-order valence-electron chi connectivity index (χ0n) is 19.9. The van der Waals surface area contributed by atoms with E-state index >= 15 is 0 Å². The number of hydrogen-bond donors (Lipinski definition) is 1. The highest BCUT2D eigenvalue weighted by Gasteiger charge is 2.33. The Kier molecular flexibility index (Phi) is 8.32. The monoisotopic (exact) mass is 476 g/mol. The first kappa shape index (κ1) is 25.7. The lowest BCUT2D eigenvalue weighted by Crippen LogP contribution is -2.25. The fourth-order valence-electron chi connectivity index (χ4n) is 3.36. The molecule has 0 spiro atoms. The first-order valence-corrected chi connectivity index (χ1v) is 11.0. The molecule has 2 aliphatic heterocycles. The molecular formula is C24H32N2O8. The first-order chi connectivity index (χ1) is 16.0. The van der Waals surface area contributed by atoms with Crippen LogP contribution >= 0.6 is 0 Å². The molecule has 2 fully saturated rings. The molecule has 2 aromatic carbocycles. The van der Waals surface area contributed by atoms with E-state index in [1.54, 1.807) is 18.2 Å². The Balaban J connectivity index is 0.000000192. The number of nitrogens with zero attached hydrogens (tertiary/aromatic N) is 1. The molecule has 2 N–H and O–H groups in total. The molecular weight excluding hydrogens is 444 g/mol. The van der Waals surface area contributed by atoms with Crippen LogP contribution in [0.25, 0.3) is 0 Å². The van der Waals surface area contributed by atoms with E-state index in [4.69, 9.17) is 34.2 Å². The van der Waals surface area contributed by atoms with Crippen LogP contribution in [-0.2, 0) is 18.9 Å². The number of nitrogen functional groups attached to an aromatic ring is 1. The summed E-state index contributed by atoms with van der Waals surface area (Å²) in [5.74, 6) is 0.131. The molecule has 0 saturated carbocycles. The van der Waals surface area contributed by atoms with E-state index in [1.807, 2.05) is 45.9 Å². The van der Waals surface area contributed by atoms with Crippen molar-refractivity contribution in [2.24, 2.45) is 0 Å². The van der Waals surface area contributed by atoms with Gasteiger partial charge >= 0.3 is 0 Å². The number of nitrogens with two attached hydrogens (primary N) is 1. The van der Waals surface area contributed by atoms with Crippen molar-refractivity contribution in [3.8, 4) is 11.5 Å². The average Bonchev–Trinajstić information content (AvgIpc) is 3.31. The Hall–Kier alpha value is -2.92. The molecule has 2 saturated heterocycles. The third-order valence-electron chi connectivity index (χ3n) is 4.89. The fraction of sp³-hybridized carbons (Fsp3) is 0.500. The second-order valence-corrected chi connectivity index (χ2v) is 8.85. The van der Waals surface area contributed by atoms with Crippen LogP contribution in [-0.4, -0.2) is 55.1 Å². The fourth-order valence-corrected chi connectivity index (χ4v) is 3.36. The quantitative estimate of drug-likeness (QED) is 0.359. The molecule has 0 radical (unpaired) electrons.